The van der Waals surface area contributed by atoms with Crippen molar-refractivity contribution in [2.45, 2.75) is 39.0 Å². The zero-order chi connectivity index (χ0) is 19.9. The molecule has 4 rings (SSSR count). The van der Waals surface area contributed by atoms with Gasteiger partial charge in [-0.3, -0.25) is 0 Å². The van der Waals surface area contributed by atoms with E-state index in [9.17, 15) is 0 Å². The maximum absolute atomic E-state index is 5.84. The Balaban J connectivity index is 1.33. The molecule has 0 saturated heterocycles. The van der Waals surface area contributed by atoms with Crippen LogP contribution in [0.2, 0.25) is 0 Å². The molecular weight excluding hydrogens is 378 g/mol. The number of thiazole rings is 1. The molecule has 0 amide bonds. The number of H-pyrrole nitrogens is 1. The molecule has 2 aromatic carbocycles. The van der Waals surface area contributed by atoms with Crippen LogP contribution in [0.5, 0.6) is 5.75 Å². The Morgan fingerprint density at radius 3 is 2.69 bits per heavy atom. The predicted molar refractivity (Wildman–Crippen MR) is 123 cm³/mol. The van der Waals surface area contributed by atoms with Gasteiger partial charge in [0.25, 0.3) is 0 Å². The van der Waals surface area contributed by atoms with E-state index in [2.05, 4.69) is 40.8 Å². The first-order valence-electron chi connectivity index (χ1n) is 10.4. The van der Waals surface area contributed by atoms with Crippen molar-refractivity contribution in [1.29, 1.82) is 0 Å². The highest BCUT2D eigenvalue weighted by molar-refractivity contribution is 7.14. The van der Waals surface area contributed by atoms with Gasteiger partial charge in [0, 0.05) is 33.7 Å². The largest absolute Gasteiger partial charge is 0.494 e. The van der Waals surface area contributed by atoms with Crippen molar-refractivity contribution in [1.82, 2.24) is 9.97 Å². The molecule has 2 N–H and O–H groups in total. The van der Waals surface area contributed by atoms with E-state index >= 15 is 0 Å². The Morgan fingerprint density at radius 1 is 1.00 bits per heavy atom. The van der Waals surface area contributed by atoms with Gasteiger partial charge in [-0.05, 0) is 36.8 Å². The Morgan fingerprint density at radius 2 is 1.83 bits per heavy atom. The quantitative estimate of drug-likeness (QED) is 0.271. The zero-order valence-electron chi connectivity index (χ0n) is 16.8. The highest BCUT2D eigenvalue weighted by Gasteiger charge is 2.10. The van der Waals surface area contributed by atoms with Gasteiger partial charge in [0.1, 0.15) is 5.75 Å². The van der Waals surface area contributed by atoms with E-state index in [0.29, 0.717) is 0 Å². The van der Waals surface area contributed by atoms with E-state index in [4.69, 9.17) is 9.72 Å². The van der Waals surface area contributed by atoms with Crippen molar-refractivity contribution in [3.05, 3.63) is 60.1 Å². The van der Waals surface area contributed by atoms with Gasteiger partial charge >= 0.3 is 0 Å². The van der Waals surface area contributed by atoms with Crippen LogP contribution >= 0.6 is 11.3 Å². The lowest BCUT2D eigenvalue weighted by atomic mass is 10.1. The van der Waals surface area contributed by atoms with E-state index in [1.54, 1.807) is 11.3 Å². The molecular formula is C24H27N3OS. The van der Waals surface area contributed by atoms with Gasteiger partial charge < -0.3 is 15.0 Å². The summed E-state index contributed by atoms with van der Waals surface area (Å²) in [5.41, 5.74) is 4.26. The number of aromatic amines is 1. The second-order valence-electron chi connectivity index (χ2n) is 7.20. The average molecular weight is 406 g/mol. The summed E-state index contributed by atoms with van der Waals surface area (Å²) in [5.74, 6) is 0.921. The van der Waals surface area contributed by atoms with Gasteiger partial charge in [-0.2, -0.15) is 0 Å². The fourth-order valence-corrected chi connectivity index (χ4v) is 4.12. The number of nitrogens with one attached hydrogen (secondary N) is 2. The lowest BCUT2D eigenvalue weighted by Crippen LogP contribution is -1.97. The van der Waals surface area contributed by atoms with Crippen LogP contribution in [0, 0.1) is 0 Å². The Labute approximate surface area is 176 Å². The Kier molecular flexibility index (Phi) is 6.47. The molecule has 0 aliphatic rings. The SMILES string of the molecule is CCCCCCCOc1ccc(Nc2nc(-c3c[nH]c4ccccc34)cs2)cc1. The van der Waals surface area contributed by atoms with Crippen LogP contribution in [0.3, 0.4) is 0 Å². The number of anilines is 2. The highest BCUT2D eigenvalue weighted by atomic mass is 32.1. The van der Waals surface area contributed by atoms with Gasteiger partial charge in [0.05, 0.1) is 12.3 Å². The lowest BCUT2D eigenvalue weighted by molar-refractivity contribution is 0.304. The molecule has 0 atom stereocenters. The molecule has 5 heteroatoms. The summed E-state index contributed by atoms with van der Waals surface area (Å²) in [4.78, 5) is 8.07. The average Bonchev–Trinajstić information content (AvgIpc) is 3.38. The van der Waals surface area contributed by atoms with Crippen molar-refractivity contribution in [3.63, 3.8) is 0 Å². The summed E-state index contributed by atoms with van der Waals surface area (Å²) >= 11 is 1.61. The Hall–Kier alpha value is -2.79. The van der Waals surface area contributed by atoms with Crippen molar-refractivity contribution in [3.8, 4) is 17.0 Å². The van der Waals surface area contributed by atoms with E-state index in [0.717, 1.165) is 46.4 Å². The van der Waals surface area contributed by atoms with Gasteiger partial charge in [-0.1, -0.05) is 50.8 Å². The van der Waals surface area contributed by atoms with Crippen LogP contribution in [0.4, 0.5) is 10.8 Å². The molecule has 4 aromatic rings. The third-order valence-corrected chi connectivity index (χ3v) is 5.75. The van der Waals surface area contributed by atoms with E-state index in [1.165, 1.54) is 31.1 Å². The second kappa shape index (κ2) is 9.61. The van der Waals surface area contributed by atoms with Gasteiger partial charge in [-0.25, -0.2) is 4.98 Å². The molecule has 0 fully saturated rings. The van der Waals surface area contributed by atoms with Crippen LogP contribution in [-0.2, 0) is 0 Å². The number of aromatic nitrogens is 2. The minimum Gasteiger partial charge on any atom is -0.494 e. The van der Waals surface area contributed by atoms with Crippen LogP contribution < -0.4 is 10.1 Å². The molecule has 2 aromatic heterocycles. The standard InChI is InChI=1S/C24H27N3OS/c1-2-3-4-5-8-15-28-19-13-11-18(12-14-19)26-24-27-23(17-29-24)21-16-25-22-10-7-6-9-20(21)22/h6-7,9-14,16-17,25H,2-5,8,15H2,1H3,(H,26,27). The van der Waals surface area contributed by atoms with Crippen molar-refractivity contribution in [2.75, 3.05) is 11.9 Å². The minimum atomic E-state index is 0.789. The minimum absolute atomic E-state index is 0.789. The number of ether oxygens (including phenoxy) is 1. The molecule has 4 nitrogen and oxygen atoms in total. The normalized spacial score (nSPS) is 11.1. The van der Waals surface area contributed by atoms with E-state index < -0.39 is 0 Å². The smallest absolute Gasteiger partial charge is 0.187 e. The van der Waals surface area contributed by atoms with Crippen molar-refractivity contribution < 1.29 is 4.74 Å². The Bertz CT molecular complexity index is 1040. The summed E-state index contributed by atoms with van der Waals surface area (Å²) in [7, 11) is 0. The number of nitrogens with zero attached hydrogens (tertiary/aromatic N) is 1. The maximum atomic E-state index is 5.84. The van der Waals surface area contributed by atoms with Crippen molar-refractivity contribution >= 4 is 33.1 Å². The summed E-state index contributed by atoms with van der Waals surface area (Å²) in [6.07, 6.45) is 8.29. The summed E-state index contributed by atoms with van der Waals surface area (Å²) in [6.45, 7) is 3.03. The fraction of sp³-hybridized carbons (Fsp3) is 0.292. The molecule has 0 aliphatic heterocycles. The third kappa shape index (κ3) is 4.98. The number of unbranched alkanes of at least 4 members (excludes halogenated alkanes) is 4. The highest BCUT2D eigenvalue weighted by Crippen LogP contribution is 2.32. The lowest BCUT2D eigenvalue weighted by Gasteiger charge is -2.07. The molecule has 0 radical (unpaired) electrons. The summed E-state index contributed by atoms with van der Waals surface area (Å²) in [5, 5.41) is 7.56. The number of hydrogen-bond acceptors (Lipinski definition) is 4. The first-order valence-corrected chi connectivity index (χ1v) is 11.2. The summed E-state index contributed by atoms with van der Waals surface area (Å²) in [6, 6.07) is 16.4. The maximum Gasteiger partial charge on any atom is 0.187 e. The number of para-hydroxylation sites is 1. The van der Waals surface area contributed by atoms with Gasteiger partial charge in [-0.15, -0.1) is 11.3 Å². The topological polar surface area (TPSA) is 49.9 Å². The molecule has 150 valence electrons. The van der Waals surface area contributed by atoms with Crippen LogP contribution in [0.1, 0.15) is 39.0 Å². The second-order valence-corrected chi connectivity index (χ2v) is 8.06. The van der Waals surface area contributed by atoms with E-state index in [-0.39, 0.29) is 0 Å². The number of hydrogen-bond donors (Lipinski definition) is 2. The van der Waals surface area contributed by atoms with Gasteiger partial charge in [0.15, 0.2) is 5.13 Å². The molecule has 2 heterocycles. The molecule has 0 spiro atoms. The van der Waals surface area contributed by atoms with Crippen molar-refractivity contribution in [2.24, 2.45) is 0 Å². The monoisotopic (exact) mass is 405 g/mol. The zero-order valence-corrected chi connectivity index (χ0v) is 17.6. The molecule has 29 heavy (non-hydrogen) atoms. The van der Waals surface area contributed by atoms with Gasteiger partial charge in [0.2, 0.25) is 0 Å². The number of benzene rings is 2. The predicted octanol–water partition coefficient (Wildman–Crippen LogP) is 7.38. The first kappa shape index (κ1) is 19.5. The summed E-state index contributed by atoms with van der Waals surface area (Å²) < 4.78 is 5.84. The fourth-order valence-electron chi connectivity index (χ4n) is 3.39. The molecule has 0 bridgehead atoms. The van der Waals surface area contributed by atoms with Crippen LogP contribution in [-0.4, -0.2) is 16.6 Å². The van der Waals surface area contributed by atoms with E-state index in [1.807, 2.05) is 36.5 Å². The molecule has 0 saturated carbocycles. The molecule has 0 aliphatic carbocycles. The number of rotatable bonds is 10. The number of fused-ring (bicyclic) bond motifs is 1. The van der Waals surface area contributed by atoms with Crippen LogP contribution in [0.15, 0.2) is 60.1 Å². The first-order chi connectivity index (χ1) is 14.3. The third-order valence-electron chi connectivity index (χ3n) is 4.99. The molecule has 0 unspecified atom stereocenters. The van der Waals surface area contributed by atoms with Crippen LogP contribution in [0.25, 0.3) is 22.2 Å².